The summed E-state index contributed by atoms with van der Waals surface area (Å²) in [6, 6.07) is 11.8. The van der Waals surface area contributed by atoms with E-state index in [2.05, 4.69) is 15.3 Å². The van der Waals surface area contributed by atoms with Gasteiger partial charge in [-0.2, -0.15) is 0 Å². The molecule has 0 radical (unpaired) electrons. The maximum Gasteiger partial charge on any atom is 0.231 e. The Kier molecular flexibility index (Phi) is 5.84. The van der Waals surface area contributed by atoms with Crippen molar-refractivity contribution in [3.05, 3.63) is 71.9 Å². The van der Waals surface area contributed by atoms with E-state index < -0.39 is 5.41 Å². The number of nitrogens with one attached hydrogen (secondary N) is 1. The molecule has 1 aromatic carbocycles. The van der Waals surface area contributed by atoms with E-state index in [9.17, 15) is 4.79 Å². The summed E-state index contributed by atoms with van der Waals surface area (Å²) in [5.74, 6) is 2.50. The fourth-order valence-corrected chi connectivity index (χ4v) is 4.55. The van der Waals surface area contributed by atoms with Gasteiger partial charge in [0, 0.05) is 36.3 Å². The Morgan fingerprint density at radius 1 is 1.10 bits per heavy atom. The van der Waals surface area contributed by atoms with Crippen LogP contribution in [0.3, 0.4) is 0 Å². The minimum Gasteiger partial charge on any atom is -0.496 e. The Labute approximate surface area is 177 Å². The van der Waals surface area contributed by atoms with Crippen molar-refractivity contribution in [1.82, 2.24) is 19.9 Å². The van der Waals surface area contributed by atoms with Gasteiger partial charge in [0.25, 0.3) is 0 Å². The Bertz CT molecular complexity index is 1020. The minimum absolute atomic E-state index is 0.0591. The highest BCUT2D eigenvalue weighted by Crippen LogP contribution is 2.43. The summed E-state index contributed by atoms with van der Waals surface area (Å²) in [5.41, 5.74) is 1.39. The van der Waals surface area contributed by atoms with Crippen molar-refractivity contribution in [2.45, 2.75) is 51.0 Å². The van der Waals surface area contributed by atoms with Crippen LogP contribution in [0, 0.1) is 6.92 Å². The topological polar surface area (TPSA) is 69.0 Å². The number of hydrogen-bond acceptors (Lipinski definition) is 4. The van der Waals surface area contributed by atoms with Crippen molar-refractivity contribution in [2.24, 2.45) is 0 Å². The van der Waals surface area contributed by atoms with E-state index in [1.54, 1.807) is 19.5 Å². The molecule has 30 heavy (non-hydrogen) atoms. The van der Waals surface area contributed by atoms with Gasteiger partial charge in [-0.3, -0.25) is 9.36 Å². The summed E-state index contributed by atoms with van der Waals surface area (Å²) in [7, 11) is 1.67. The first-order chi connectivity index (χ1) is 14.7. The second-order valence-corrected chi connectivity index (χ2v) is 7.86. The third kappa shape index (κ3) is 3.70. The lowest BCUT2D eigenvalue weighted by molar-refractivity contribution is -0.128. The van der Waals surface area contributed by atoms with Gasteiger partial charge in [-0.15, -0.1) is 0 Å². The molecule has 1 N–H and O–H groups in total. The number of imidazole rings is 1. The van der Waals surface area contributed by atoms with Gasteiger partial charge in [0.15, 0.2) is 0 Å². The van der Waals surface area contributed by atoms with Crippen molar-refractivity contribution in [1.29, 1.82) is 0 Å². The van der Waals surface area contributed by atoms with Crippen molar-refractivity contribution in [3.8, 4) is 11.6 Å². The zero-order valence-corrected chi connectivity index (χ0v) is 17.6. The van der Waals surface area contributed by atoms with Crippen LogP contribution in [-0.4, -0.2) is 27.6 Å². The molecule has 1 fully saturated rings. The van der Waals surface area contributed by atoms with Gasteiger partial charge in [-0.1, -0.05) is 43.5 Å². The summed E-state index contributed by atoms with van der Waals surface area (Å²) in [6.45, 7) is 2.35. The van der Waals surface area contributed by atoms with Crippen LogP contribution in [0.15, 0.2) is 55.0 Å². The lowest BCUT2D eigenvalue weighted by Gasteiger charge is -2.37. The highest BCUT2D eigenvalue weighted by molar-refractivity contribution is 5.89. The quantitative estimate of drug-likeness (QED) is 0.671. The van der Waals surface area contributed by atoms with Crippen LogP contribution in [-0.2, 0) is 16.8 Å². The zero-order valence-electron chi connectivity index (χ0n) is 17.6. The number of aryl methyl sites for hydroxylation is 1. The molecule has 0 saturated heterocycles. The van der Waals surface area contributed by atoms with Crippen LogP contribution >= 0.6 is 0 Å². The molecule has 2 heterocycles. The van der Waals surface area contributed by atoms with Gasteiger partial charge in [0.05, 0.1) is 12.5 Å². The third-order valence-corrected chi connectivity index (χ3v) is 6.13. The maximum absolute atomic E-state index is 13.6. The summed E-state index contributed by atoms with van der Waals surface area (Å²) in [5, 5.41) is 3.21. The number of carbonyl (C=O) groups excluding carboxylic acids is 1. The second-order valence-electron chi connectivity index (χ2n) is 7.86. The smallest absolute Gasteiger partial charge is 0.231 e. The molecule has 0 bridgehead atoms. The standard InChI is InChI=1S/C24H28N4O2/c1-18-25-15-16-28(18)22-19(9-8-14-26-22)17-27-23(29)24(12-6-3-7-13-24)20-10-4-5-11-21(20)30-2/h4-5,8-11,14-16H,3,6-7,12-13,17H2,1-2H3,(H,27,29). The van der Waals surface area contributed by atoms with Crippen molar-refractivity contribution in [2.75, 3.05) is 7.11 Å². The largest absolute Gasteiger partial charge is 0.496 e. The van der Waals surface area contributed by atoms with E-state index in [0.29, 0.717) is 6.54 Å². The number of amides is 1. The van der Waals surface area contributed by atoms with E-state index in [1.807, 2.05) is 54.1 Å². The molecule has 1 aliphatic rings. The monoisotopic (exact) mass is 404 g/mol. The third-order valence-electron chi connectivity index (χ3n) is 6.13. The number of pyridine rings is 1. The molecule has 1 aliphatic carbocycles. The number of nitrogens with zero attached hydrogens (tertiary/aromatic N) is 3. The first-order valence-electron chi connectivity index (χ1n) is 10.5. The van der Waals surface area contributed by atoms with Crippen molar-refractivity contribution in [3.63, 3.8) is 0 Å². The lowest BCUT2D eigenvalue weighted by atomic mass is 9.68. The average Bonchev–Trinajstić information content (AvgIpc) is 3.23. The minimum atomic E-state index is -0.557. The number of carbonyl (C=O) groups is 1. The number of methoxy groups -OCH3 is 1. The summed E-state index contributed by atoms with van der Waals surface area (Å²) in [4.78, 5) is 22.4. The van der Waals surface area contributed by atoms with E-state index in [0.717, 1.165) is 60.6 Å². The highest BCUT2D eigenvalue weighted by Gasteiger charge is 2.42. The Morgan fingerprint density at radius 3 is 2.63 bits per heavy atom. The molecule has 156 valence electrons. The Hall–Kier alpha value is -3.15. The van der Waals surface area contributed by atoms with Crippen molar-refractivity contribution >= 4 is 5.91 Å². The Balaban J connectivity index is 1.62. The summed E-state index contributed by atoms with van der Waals surface area (Å²) in [6.07, 6.45) is 10.3. The molecule has 6 nitrogen and oxygen atoms in total. The molecule has 0 atom stereocenters. The maximum atomic E-state index is 13.6. The number of ether oxygens (including phenoxy) is 1. The van der Waals surface area contributed by atoms with Gasteiger partial charge >= 0.3 is 0 Å². The summed E-state index contributed by atoms with van der Waals surface area (Å²) < 4.78 is 7.56. The van der Waals surface area contributed by atoms with E-state index in [1.165, 1.54) is 0 Å². The highest BCUT2D eigenvalue weighted by atomic mass is 16.5. The molecule has 0 spiro atoms. The van der Waals surface area contributed by atoms with Gasteiger partial charge in [-0.05, 0) is 31.9 Å². The van der Waals surface area contributed by atoms with Gasteiger partial charge in [0.2, 0.25) is 5.91 Å². The first-order valence-corrected chi connectivity index (χ1v) is 10.5. The van der Waals surface area contributed by atoms with E-state index in [4.69, 9.17) is 4.74 Å². The molecule has 4 rings (SSSR count). The van der Waals surface area contributed by atoms with Crippen LogP contribution in [0.1, 0.15) is 49.1 Å². The molecule has 0 aliphatic heterocycles. The number of hydrogen-bond donors (Lipinski definition) is 1. The molecule has 2 aromatic heterocycles. The molecule has 6 heteroatoms. The lowest BCUT2D eigenvalue weighted by Crippen LogP contribution is -2.45. The second kappa shape index (κ2) is 8.69. The predicted molar refractivity (Wildman–Crippen MR) is 116 cm³/mol. The predicted octanol–water partition coefficient (Wildman–Crippen LogP) is 4.10. The van der Waals surface area contributed by atoms with Crippen LogP contribution in [0.5, 0.6) is 5.75 Å². The SMILES string of the molecule is COc1ccccc1C1(C(=O)NCc2cccnc2-n2ccnc2C)CCCCC1. The molecular formula is C24H28N4O2. The number of para-hydroxylation sites is 1. The van der Waals surface area contributed by atoms with Crippen molar-refractivity contribution < 1.29 is 9.53 Å². The first kappa shape index (κ1) is 20.1. The normalized spacial score (nSPS) is 15.5. The van der Waals surface area contributed by atoms with E-state index >= 15 is 0 Å². The fraction of sp³-hybridized carbons (Fsp3) is 0.375. The van der Waals surface area contributed by atoms with Crippen LogP contribution in [0.4, 0.5) is 0 Å². The number of aromatic nitrogens is 3. The van der Waals surface area contributed by atoms with Crippen LogP contribution < -0.4 is 10.1 Å². The van der Waals surface area contributed by atoms with Gasteiger partial charge < -0.3 is 10.1 Å². The Morgan fingerprint density at radius 2 is 1.90 bits per heavy atom. The molecule has 0 unspecified atom stereocenters. The zero-order chi connectivity index (χ0) is 21.0. The number of benzene rings is 1. The van der Waals surface area contributed by atoms with Crippen LogP contribution in [0.2, 0.25) is 0 Å². The molecule has 1 saturated carbocycles. The average molecular weight is 405 g/mol. The molecule has 3 aromatic rings. The molecule has 1 amide bonds. The van der Waals surface area contributed by atoms with Gasteiger partial charge in [0.1, 0.15) is 17.4 Å². The number of rotatable bonds is 6. The molecular weight excluding hydrogens is 376 g/mol. The summed E-state index contributed by atoms with van der Waals surface area (Å²) >= 11 is 0. The van der Waals surface area contributed by atoms with E-state index in [-0.39, 0.29) is 5.91 Å². The fourth-order valence-electron chi connectivity index (χ4n) is 4.55. The van der Waals surface area contributed by atoms with Gasteiger partial charge in [-0.25, -0.2) is 9.97 Å². The van der Waals surface area contributed by atoms with Crippen LogP contribution in [0.25, 0.3) is 5.82 Å².